The molecule has 0 saturated carbocycles. The number of anilines is 1. The number of carbonyl (C=O) groups is 9. The van der Waals surface area contributed by atoms with Crippen LogP contribution in [-0.4, -0.2) is 165 Å². The van der Waals surface area contributed by atoms with Gasteiger partial charge in [-0.05, 0) is 79.7 Å². The van der Waals surface area contributed by atoms with Crippen LogP contribution >= 0.6 is 0 Å². The number of aliphatic carboxylic acids is 1. The van der Waals surface area contributed by atoms with Gasteiger partial charge < -0.3 is 85.5 Å². The Hall–Kier alpha value is -7.49. The number of carboxylic acids is 1. The highest BCUT2D eigenvalue weighted by Gasteiger charge is 2.38. The molecule has 1 aromatic carbocycles. The summed E-state index contributed by atoms with van der Waals surface area (Å²) in [7, 11) is 0. The van der Waals surface area contributed by atoms with Gasteiger partial charge in [0, 0.05) is 31.0 Å². The summed E-state index contributed by atoms with van der Waals surface area (Å²) < 4.78 is 0. The number of hydrogen-bond acceptors (Lipinski definition) is 16. The summed E-state index contributed by atoms with van der Waals surface area (Å²) in [6.07, 6.45) is 0.0804. The normalized spacial score (nSPS) is 15.5. The Morgan fingerprint density at radius 2 is 1.26 bits per heavy atom. The highest BCUT2D eigenvalue weighted by Crippen LogP contribution is 2.15. The molecule has 0 bridgehead atoms. The van der Waals surface area contributed by atoms with E-state index in [2.05, 4.69) is 52.8 Å². The highest BCUT2D eigenvalue weighted by molar-refractivity contribution is 5.98. The summed E-state index contributed by atoms with van der Waals surface area (Å²) in [6.45, 7) is 9.64. The van der Waals surface area contributed by atoms with Crippen LogP contribution in [0.4, 0.5) is 5.69 Å². The highest BCUT2D eigenvalue weighted by atomic mass is 16.4. The number of amides is 8. The van der Waals surface area contributed by atoms with E-state index in [-0.39, 0.29) is 56.9 Å². The topological polar surface area (TPSA) is 458 Å². The minimum Gasteiger partial charge on any atom is -0.480 e. The van der Waals surface area contributed by atoms with Crippen LogP contribution in [0.25, 0.3) is 0 Å². The van der Waals surface area contributed by atoms with E-state index in [4.69, 9.17) is 22.6 Å². The molecule has 0 fully saturated rings. The number of aliphatic hydroxyl groups excluding tert-OH is 3. The number of pyridine rings is 1. The zero-order chi connectivity index (χ0) is 58.1. The van der Waals surface area contributed by atoms with Gasteiger partial charge in [0.2, 0.25) is 47.3 Å². The van der Waals surface area contributed by atoms with Crippen LogP contribution in [0.2, 0.25) is 0 Å². The molecule has 0 aliphatic rings. The number of carbonyl (C=O) groups excluding carboxylic acids is 8. The van der Waals surface area contributed by atoms with Gasteiger partial charge in [-0.1, -0.05) is 66.2 Å². The number of hydrogen-bond donors (Lipinski definition) is 17. The summed E-state index contributed by atoms with van der Waals surface area (Å²) >= 11 is 0. The number of rotatable bonds is 33. The molecule has 0 spiro atoms. The van der Waals surface area contributed by atoms with E-state index in [1.165, 1.54) is 19.3 Å². The molecule has 8 amide bonds. The first-order valence-electron chi connectivity index (χ1n) is 25.3. The van der Waals surface area contributed by atoms with Gasteiger partial charge in [0.05, 0.1) is 31.4 Å². The zero-order valence-electron chi connectivity index (χ0n) is 44.6. The summed E-state index contributed by atoms with van der Waals surface area (Å²) in [5, 5.41) is 70.5. The summed E-state index contributed by atoms with van der Waals surface area (Å²) in [4.78, 5) is 125. The maximum atomic E-state index is 14.3. The molecular weight excluding hydrogens is 1000 g/mol. The first kappa shape index (κ1) is 65.6. The van der Waals surface area contributed by atoms with Gasteiger partial charge >= 0.3 is 5.97 Å². The molecule has 27 nitrogen and oxygen atoms in total. The quantitative estimate of drug-likeness (QED) is 0.0141. The Morgan fingerprint density at radius 3 is 1.82 bits per heavy atom. The van der Waals surface area contributed by atoms with Crippen molar-refractivity contribution in [2.24, 2.45) is 29.2 Å². The van der Waals surface area contributed by atoms with E-state index in [1.807, 2.05) is 0 Å². The molecule has 0 saturated heterocycles. The second-order valence-electron chi connectivity index (χ2n) is 19.6. The number of nitrogens with one attached hydrogen (secondary N) is 10. The van der Waals surface area contributed by atoms with E-state index in [0.29, 0.717) is 16.8 Å². The number of guanidine groups is 1. The van der Waals surface area contributed by atoms with Crippen LogP contribution in [0.1, 0.15) is 85.3 Å². The van der Waals surface area contributed by atoms with Gasteiger partial charge in [-0.2, -0.15) is 0 Å². The predicted molar refractivity (Wildman–Crippen MR) is 282 cm³/mol. The standard InChI is InChI=1S/C50H80N14O13/c1-8-27(6)38(47(74)63-39(28(7)66)46(73)57-23-37(67)58-35(21-30-13-10-16-55-22-30)45(72)61-36(24-65)49(76)77)62-43(70)33(15-11-17-56-50(53)54)59-44(71)34(18-25(2)3)60-48(75)40(41(68)26(4)5)64-42(69)32(52)20-29-12-9-14-31(51)19-29/h9-10,12-14,16,19,22,25-28,32-36,38-41,65-66,68H,8,11,15,17-18,20-21,23-24,51-52H2,1-7H3,(H,57,73)(H,58,67)(H,59,71)(H,60,75)(H,61,72)(H,62,70)(H,63,74)(H,64,69)(H,76,77)(H4,53,54,56)/t27-,28-,32-,33+,34-,35-,36-,38-,39-,40-,41?/m0/s1. The van der Waals surface area contributed by atoms with Crippen LogP contribution in [0.5, 0.6) is 0 Å². The Labute approximate surface area is 447 Å². The lowest BCUT2D eigenvalue weighted by Crippen LogP contribution is -2.62. The predicted octanol–water partition coefficient (Wildman–Crippen LogP) is -3.88. The van der Waals surface area contributed by atoms with Gasteiger partial charge in [0.15, 0.2) is 5.96 Å². The zero-order valence-corrected chi connectivity index (χ0v) is 44.6. The summed E-state index contributed by atoms with van der Waals surface area (Å²) in [5.74, 6) is -10.6. The molecule has 77 heavy (non-hydrogen) atoms. The fraction of sp³-hybridized carbons (Fsp3) is 0.580. The average Bonchev–Trinajstić information content (AvgIpc) is 3.36. The number of benzene rings is 1. The minimum atomic E-state index is -1.72. The summed E-state index contributed by atoms with van der Waals surface area (Å²) in [5.41, 5.74) is 19.1. The smallest absolute Gasteiger partial charge is 0.328 e. The van der Waals surface area contributed by atoms with Crippen LogP contribution in [0.3, 0.4) is 0 Å². The lowest BCUT2D eigenvalue weighted by Gasteiger charge is -2.31. The Morgan fingerprint density at radius 1 is 0.675 bits per heavy atom. The largest absolute Gasteiger partial charge is 0.480 e. The van der Waals surface area contributed by atoms with Crippen molar-refractivity contribution >= 4 is 64.9 Å². The number of aliphatic hydroxyl groups is 3. The average molecular weight is 1090 g/mol. The molecule has 0 radical (unpaired) electrons. The van der Waals surface area contributed by atoms with Crippen LogP contribution in [0, 0.1) is 23.2 Å². The van der Waals surface area contributed by atoms with Crippen molar-refractivity contribution in [1.82, 2.24) is 52.8 Å². The molecule has 27 heteroatoms. The molecule has 1 heterocycles. The Balaban J connectivity index is 2.34. The first-order valence-corrected chi connectivity index (χ1v) is 25.3. The molecule has 428 valence electrons. The van der Waals surface area contributed by atoms with E-state index in [0.717, 1.165) is 0 Å². The van der Waals surface area contributed by atoms with E-state index < -0.39 is 139 Å². The monoisotopic (exact) mass is 1080 g/mol. The van der Waals surface area contributed by atoms with Crippen LogP contribution in [-0.2, 0) is 56.0 Å². The van der Waals surface area contributed by atoms with Gasteiger partial charge in [-0.25, -0.2) is 4.79 Å². The van der Waals surface area contributed by atoms with Gasteiger partial charge in [0.1, 0.15) is 42.3 Å². The number of carboxylic acid groups (broad SMARTS) is 1. The molecule has 1 unspecified atom stereocenters. The minimum absolute atomic E-state index is 0.0205. The van der Waals surface area contributed by atoms with Crippen molar-refractivity contribution in [3.63, 3.8) is 0 Å². The van der Waals surface area contributed by atoms with Gasteiger partial charge in [-0.3, -0.25) is 48.7 Å². The first-order chi connectivity index (χ1) is 36.2. The number of nitrogens with zero attached hydrogens (tertiary/aromatic N) is 1. The molecule has 0 aliphatic carbocycles. The molecule has 2 rings (SSSR count). The van der Waals surface area contributed by atoms with Crippen molar-refractivity contribution in [1.29, 1.82) is 5.41 Å². The van der Waals surface area contributed by atoms with Crippen molar-refractivity contribution in [3.8, 4) is 0 Å². The third kappa shape index (κ3) is 23.1. The van der Waals surface area contributed by atoms with Crippen molar-refractivity contribution in [2.75, 3.05) is 25.4 Å². The fourth-order valence-electron chi connectivity index (χ4n) is 7.60. The second kappa shape index (κ2) is 32.8. The van der Waals surface area contributed by atoms with E-state index in [1.54, 1.807) is 77.9 Å². The maximum Gasteiger partial charge on any atom is 0.328 e. The van der Waals surface area contributed by atoms with Gasteiger partial charge in [-0.15, -0.1) is 0 Å². The fourth-order valence-corrected chi connectivity index (χ4v) is 7.60. The number of nitrogens with two attached hydrogens (primary N) is 3. The van der Waals surface area contributed by atoms with Gasteiger partial charge in [0.25, 0.3) is 0 Å². The van der Waals surface area contributed by atoms with Crippen LogP contribution < -0.4 is 65.1 Å². The Kier molecular flexibility index (Phi) is 28.0. The third-order valence-corrected chi connectivity index (χ3v) is 12.2. The number of nitrogen functional groups attached to an aromatic ring is 1. The van der Waals surface area contributed by atoms with Crippen molar-refractivity contribution in [2.45, 2.75) is 148 Å². The SMILES string of the molecule is CC[C@H](C)[C@H](NC(=O)[C@@H](CCCNC(=N)N)NC(=O)[C@H](CC(C)C)NC(=O)[C@@H](NC(=O)[C@@H](N)Cc1cccc(N)c1)C(O)C(C)C)C(=O)N[C@H](C(=O)NCC(=O)N[C@@H](Cc1cccnc1)C(=O)N[C@@H](CO)C(=O)O)[C@H](C)O. The molecule has 0 aliphatic heterocycles. The Bertz CT molecular complexity index is 2310. The molecule has 1 aromatic heterocycles. The number of aromatic nitrogens is 1. The lowest BCUT2D eigenvalue weighted by molar-refractivity contribution is -0.143. The van der Waals surface area contributed by atoms with E-state index >= 15 is 0 Å². The van der Waals surface area contributed by atoms with E-state index in [9.17, 15) is 63.6 Å². The molecule has 2 aromatic rings. The third-order valence-electron chi connectivity index (χ3n) is 12.2. The molecule has 11 atom stereocenters. The maximum absolute atomic E-state index is 14.3. The van der Waals surface area contributed by atoms with Crippen molar-refractivity contribution in [3.05, 3.63) is 59.9 Å². The van der Waals surface area contributed by atoms with Crippen LogP contribution in [0.15, 0.2) is 48.8 Å². The van der Waals surface area contributed by atoms with Crippen molar-refractivity contribution < 1.29 is 63.6 Å². The lowest BCUT2D eigenvalue weighted by atomic mass is 9.96. The summed E-state index contributed by atoms with van der Waals surface area (Å²) in [6, 6.07) is -1.82. The molecule has 20 N–H and O–H groups in total. The second-order valence-corrected chi connectivity index (χ2v) is 19.6. The molecular formula is C50H80N14O13.